The molecular formula is C14H21N3O. The van der Waals surface area contributed by atoms with Gasteiger partial charge in [-0.15, -0.1) is 0 Å². The van der Waals surface area contributed by atoms with Crippen LogP contribution in [0.5, 0.6) is 0 Å². The Hall–Kier alpha value is -1.39. The van der Waals surface area contributed by atoms with E-state index in [1.165, 1.54) is 5.56 Å². The van der Waals surface area contributed by atoms with Gasteiger partial charge < -0.3 is 10.6 Å². The first kappa shape index (κ1) is 13.1. The third-order valence-corrected chi connectivity index (χ3v) is 3.51. The van der Waals surface area contributed by atoms with Crippen LogP contribution < -0.4 is 5.73 Å². The van der Waals surface area contributed by atoms with Crippen LogP contribution >= 0.6 is 0 Å². The normalized spacial score (nSPS) is 21.3. The van der Waals surface area contributed by atoms with E-state index < -0.39 is 0 Å². The maximum absolute atomic E-state index is 12.4. The zero-order chi connectivity index (χ0) is 13.0. The molecule has 98 valence electrons. The summed E-state index contributed by atoms with van der Waals surface area (Å²) in [7, 11) is 2.00. The number of carbonyl (C=O) groups excluding carboxylic acids is 1. The third kappa shape index (κ3) is 2.89. The van der Waals surface area contributed by atoms with Gasteiger partial charge >= 0.3 is 0 Å². The number of carbonyl (C=O) groups is 1. The largest absolute Gasteiger partial charge is 0.336 e. The number of nitrogens with zero attached hydrogens (tertiary/aromatic N) is 2. The molecule has 1 atom stereocenters. The van der Waals surface area contributed by atoms with E-state index in [0.717, 1.165) is 19.5 Å². The number of likely N-dealkylation sites (N-methyl/N-ethyl adjacent to an activating group) is 1. The fraction of sp³-hybridized carbons (Fsp3) is 0.500. The molecule has 4 nitrogen and oxygen atoms in total. The summed E-state index contributed by atoms with van der Waals surface area (Å²) in [5.41, 5.74) is 6.77. The van der Waals surface area contributed by atoms with Gasteiger partial charge in [-0.1, -0.05) is 30.3 Å². The molecule has 1 amide bonds. The van der Waals surface area contributed by atoms with Gasteiger partial charge in [-0.25, -0.2) is 0 Å². The second-order valence-corrected chi connectivity index (χ2v) is 4.82. The molecule has 0 aliphatic carbocycles. The highest BCUT2D eigenvalue weighted by molar-refractivity contribution is 5.82. The van der Waals surface area contributed by atoms with Crippen LogP contribution in [-0.2, 0) is 11.3 Å². The Morgan fingerprint density at radius 2 is 2.00 bits per heavy atom. The molecule has 1 unspecified atom stereocenters. The lowest BCUT2D eigenvalue weighted by atomic mass is 10.1. The molecule has 2 rings (SSSR count). The molecule has 1 aliphatic rings. The van der Waals surface area contributed by atoms with Crippen LogP contribution in [0.3, 0.4) is 0 Å². The lowest BCUT2D eigenvalue weighted by molar-refractivity contribution is -0.141. The molecule has 1 heterocycles. The van der Waals surface area contributed by atoms with Gasteiger partial charge in [0.05, 0.1) is 6.04 Å². The summed E-state index contributed by atoms with van der Waals surface area (Å²) in [6.45, 7) is 2.98. The number of piperazine rings is 1. The molecule has 1 aliphatic heterocycles. The minimum Gasteiger partial charge on any atom is -0.336 e. The van der Waals surface area contributed by atoms with Gasteiger partial charge in [-0.2, -0.15) is 0 Å². The number of hydrogen-bond donors (Lipinski definition) is 1. The summed E-state index contributed by atoms with van der Waals surface area (Å²) in [6.07, 6.45) is 0.737. The van der Waals surface area contributed by atoms with Crippen molar-refractivity contribution in [1.82, 2.24) is 9.80 Å². The van der Waals surface area contributed by atoms with Crippen LogP contribution in [0.4, 0.5) is 0 Å². The summed E-state index contributed by atoms with van der Waals surface area (Å²) < 4.78 is 0. The van der Waals surface area contributed by atoms with E-state index >= 15 is 0 Å². The molecule has 0 aromatic heterocycles. The zero-order valence-electron chi connectivity index (χ0n) is 10.9. The Balaban J connectivity index is 2.03. The Morgan fingerprint density at radius 3 is 2.67 bits per heavy atom. The lowest BCUT2D eigenvalue weighted by Gasteiger charge is -2.38. The van der Waals surface area contributed by atoms with E-state index in [9.17, 15) is 4.79 Å². The molecule has 0 spiro atoms. The first-order valence-electron chi connectivity index (χ1n) is 6.45. The fourth-order valence-corrected chi connectivity index (χ4v) is 2.41. The van der Waals surface area contributed by atoms with Crippen molar-refractivity contribution in [3.8, 4) is 0 Å². The minimum absolute atomic E-state index is 0.0486. The molecule has 4 heteroatoms. The van der Waals surface area contributed by atoms with Gasteiger partial charge in [0.1, 0.15) is 0 Å². The van der Waals surface area contributed by atoms with Crippen molar-refractivity contribution in [3.05, 3.63) is 35.9 Å². The Labute approximate surface area is 108 Å². The predicted octanol–water partition coefficient (Wildman–Crippen LogP) is 0.678. The van der Waals surface area contributed by atoms with Crippen molar-refractivity contribution < 1.29 is 4.79 Å². The molecule has 1 saturated heterocycles. The van der Waals surface area contributed by atoms with Crippen LogP contribution in [0, 0.1) is 0 Å². The Kier molecular flexibility index (Phi) is 4.33. The second kappa shape index (κ2) is 5.98. The molecule has 0 radical (unpaired) electrons. The van der Waals surface area contributed by atoms with Gasteiger partial charge in [-0.3, -0.25) is 9.69 Å². The highest BCUT2D eigenvalue weighted by atomic mass is 16.2. The van der Waals surface area contributed by atoms with Crippen LogP contribution in [0.1, 0.15) is 12.0 Å². The monoisotopic (exact) mass is 247 g/mol. The Bertz CT molecular complexity index is 393. The molecule has 1 aromatic rings. The highest BCUT2D eigenvalue weighted by Gasteiger charge is 2.31. The summed E-state index contributed by atoms with van der Waals surface area (Å²) >= 11 is 0. The third-order valence-electron chi connectivity index (χ3n) is 3.51. The average molecular weight is 247 g/mol. The molecule has 1 aromatic carbocycles. The SMILES string of the molecule is CN1CCN(Cc2ccccc2)C(=O)C1CCN. The van der Waals surface area contributed by atoms with Crippen molar-refractivity contribution >= 4 is 5.91 Å². The summed E-state index contributed by atoms with van der Waals surface area (Å²) in [6, 6.07) is 10.1. The van der Waals surface area contributed by atoms with Crippen molar-refractivity contribution in [3.63, 3.8) is 0 Å². The maximum Gasteiger partial charge on any atom is 0.240 e. The maximum atomic E-state index is 12.4. The van der Waals surface area contributed by atoms with Gasteiger partial charge in [0.2, 0.25) is 5.91 Å². The number of hydrogen-bond acceptors (Lipinski definition) is 3. The quantitative estimate of drug-likeness (QED) is 0.851. The summed E-state index contributed by atoms with van der Waals surface area (Å²) in [4.78, 5) is 16.4. The standard InChI is InChI=1S/C14H21N3O/c1-16-9-10-17(14(18)13(16)7-8-15)11-12-5-3-2-4-6-12/h2-6,13H,7-11,15H2,1H3. The van der Waals surface area contributed by atoms with Gasteiger partial charge in [0, 0.05) is 19.6 Å². The number of benzene rings is 1. The van der Waals surface area contributed by atoms with E-state index in [1.54, 1.807) is 0 Å². The van der Waals surface area contributed by atoms with Crippen molar-refractivity contribution in [2.45, 2.75) is 19.0 Å². The first-order chi connectivity index (χ1) is 8.72. The van der Waals surface area contributed by atoms with E-state index in [1.807, 2.05) is 30.1 Å². The number of nitrogens with two attached hydrogens (primary N) is 1. The molecule has 0 saturated carbocycles. The van der Waals surface area contributed by atoms with E-state index in [4.69, 9.17) is 5.73 Å². The molecular weight excluding hydrogens is 226 g/mol. The molecule has 18 heavy (non-hydrogen) atoms. The number of rotatable bonds is 4. The lowest BCUT2D eigenvalue weighted by Crippen LogP contribution is -2.55. The van der Waals surface area contributed by atoms with Crippen molar-refractivity contribution in [1.29, 1.82) is 0 Å². The van der Waals surface area contributed by atoms with Crippen molar-refractivity contribution in [2.24, 2.45) is 5.73 Å². The Morgan fingerprint density at radius 1 is 1.28 bits per heavy atom. The molecule has 2 N–H and O–H groups in total. The van der Waals surface area contributed by atoms with Crippen LogP contribution in [0.15, 0.2) is 30.3 Å². The van der Waals surface area contributed by atoms with E-state index in [-0.39, 0.29) is 11.9 Å². The number of amides is 1. The topological polar surface area (TPSA) is 49.6 Å². The molecule has 0 bridgehead atoms. The molecule has 1 fully saturated rings. The summed E-state index contributed by atoms with van der Waals surface area (Å²) in [5.74, 6) is 0.207. The predicted molar refractivity (Wildman–Crippen MR) is 71.9 cm³/mol. The zero-order valence-corrected chi connectivity index (χ0v) is 10.9. The fourth-order valence-electron chi connectivity index (χ4n) is 2.41. The average Bonchev–Trinajstić information content (AvgIpc) is 2.39. The van der Waals surface area contributed by atoms with Gasteiger partial charge in [-0.05, 0) is 25.6 Å². The van der Waals surface area contributed by atoms with Crippen molar-refractivity contribution in [2.75, 3.05) is 26.7 Å². The first-order valence-corrected chi connectivity index (χ1v) is 6.45. The smallest absolute Gasteiger partial charge is 0.240 e. The van der Waals surface area contributed by atoms with Crippen LogP contribution in [0.25, 0.3) is 0 Å². The van der Waals surface area contributed by atoms with Crippen LogP contribution in [0.2, 0.25) is 0 Å². The second-order valence-electron chi connectivity index (χ2n) is 4.82. The van der Waals surface area contributed by atoms with Gasteiger partial charge in [0.25, 0.3) is 0 Å². The highest BCUT2D eigenvalue weighted by Crippen LogP contribution is 2.15. The minimum atomic E-state index is -0.0486. The van der Waals surface area contributed by atoms with E-state index in [2.05, 4.69) is 17.0 Å². The van der Waals surface area contributed by atoms with Crippen LogP contribution in [-0.4, -0.2) is 48.4 Å². The van der Waals surface area contributed by atoms with Gasteiger partial charge in [0.15, 0.2) is 0 Å². The summed E-state index contributed by atoms with van der Waals surface area (Å²) in [5, 5.41) is 0. The van der Waals surface area contributed by atoms with E-state index in [0.29, 0.717) is 13.1 Å².